The van der Waals surface area contributed by atoms with Gasteiger partial charge < -0.3 is 0 Å². The van der Waals surface area contributed by atoms with Crippen LogP contribution < -0.4 is 5.32 Å². The maximum Gasteiger partial charge on any atom is 0.104 e. The van der Waals surface area contributed by atoms with E-state index in [-0.39, 0.29) is 0 Å². The van der Waals surface area contributed by atoms with E-state index in [0.29, 0.717) is 6.04 Å². The molecule has 18 heavy (non-hydrogen) atoms. The van der Waals surface area contributed by atoms with Crippen molar-refractivity contribution >= 4 is 0 Å². The molecular formula is C14H24N4. The zero-order chi connectivity index (χ0) is 13.6. The van der Waals surface area contributed by atoms with Crippen LogP contribution in [-0.4, -0.2) is 21.4 Å². The highest BCUT2D eigenvalue weighted by atomic mass is 15.3. The Hall–Kier alpha value is -1.34. The molecule has 0 saturated heterocycles. The highest BCUT2D eigenvalue weighted by molar-refractivity contribution is 5.04. The second kappa shape index (κ2) is 6.55. The Kier molecular flexibility index (Phi) is 5.36. The lowest BCUT2D eigenvalue weighted by molar-refractivity contribution is 0.364. The molecule has 0 aromatic carbocycles. The van der Waals surface area contributed by atoms with Gasteiger partial charge in [-0.1, -0.05) is 0 Å². The Morgan fingerprint density at radius 1 is 1.50 bits per heavy atom. The van der Waals surface area contributed by atoms with Gasteiger partial charge in [-0.2, -0.15) is 10.4 Å². The maximum atomic E-state index is 9.22. The van der Waals surface area contributed by atoms with Crippen molar-refractivity contribution in [3.63, 3.8) is 0 Å². The van der Waals surface area contributed by atoms with E-state index < -0.39 is 5.54 Å². The molecule has 0 saturated carbocycles. The molecule has 4 nitrogen and oxygen atoms in total. The summed E-state index contributed by atoms with van der Waals surface area (Å²) < 4.78 is 1.97. The quantitative estimate of drug-likeness (QED) is 0.755. The highest BCUT2D eigenvalue weighted by Crippen LogP contribution is 2.14. The van der Waals surface area contributed by atoms with Crippen LogP contribution in [0.2, 0.25) is 0 Å². The molecule has 0 amide bonds. The minimum absolute atomic E-state index is 0.336. The van der Waals surface area contributed by atoms with Crippen LogP contribution in [0.25, 0.3) is 0 Å². The van der Waals surface area contributed by atoms with Crippen molar-refractivity contribution in [2.45, 2.75) is 65.1 Å². The number of unbranched alkanes of at least 4 members (excludes halogenated alkanes) is 1. The predicted octanol–water partition coefficient (Wildman–Crippen LogP) is 2.64. The van der Waals surface area contributed by atoms with E-state index in [4.69, 9.17) is 0 Å². The second-order valence-corrected chi connectivity index (χ2v) is 5.42. The molecule has 0 aliphatic carbocycles. The average molecular weight is 248 g/mol. The van der Waals surface area contributed by atoms with Crippen LogP contribution in [0, 0.1) is 18.3 Å². The summed E-state index contributed by atoms with van der Waals surface area (Å²) in [4.78, 5) is 0. The van der Waals surface area contributed by atoms with Gasteiger partial charge in [0.05, 0.1) is 11.8 Å². The van der Waals surface area contributed by atoms with E-state index in [0.717, 1.165) is 31.5 Å². The average Bonchev–Trinajstić information content (AvgIpc) is 2.70. The fourth-order valence-electron chi connectivity index (χ4n) is 2.14. The van der Waals surface area contributed by atoms with Gasteiger partial charge in [-0.05, 0) is 53.0 Å². The summed E-state index contributed by atoms with van der Waals surface area (Å²) in [6.07, 6.45) is 4.97. The van der Waals surface area contributed by atoms with E-state index >= 15 is 0 Å². The standard InChI is InChI=1S/C14H24N4/c1-12(2)16-14(4,11-15)8-5-6-9-18-10-7-13(3)17-18/h7,10,12,16H,5-6,8-9H2,1-4H3. The first-order valence-electron chi connectivity index (χ1n) is 6.64. The summed E-state index contributed by atoms with van der Waals surface area (Å²) in [7, 11) is 0. The van der Waals surface area contributed by atoms with Gasteiger partial charge in [0.25, 0.3) is 0 Å². The molecule has 1 heterocycles. The molecule has 0 bridgehead atoms. The normalized spacial score (nSPS) is 14.4. The fourth-order valence-corrected chi connectivity index (χ4v) is 2.14. The monoisotopic (exact) mass is 248 g/mol. The Morgan fingerprint density at radius 3 is 2.72 bits per heavy atom. The molecule has 1 N–H and O–H groups in total. The number of hydrogen-bond donors (Lipinski definition) is 1. The SMILES string of the molecule is Cc1ccn(CCCCC(C)(C#N)NC(C)C)n1. The van der Waals surface area contributed by atoms with E-state index in [1.54, 1.807) is 0 Å². The highest BCUT2D eigenvalue weighted by Gasteiger charge is 2.23. The second-order valence-electron chi connectivity index (χ2n) is 5.42. The van der Waals surface area contributed by atoms with Gasteiger partial charge in [0.2, 0.25) is 0 Å². The Bertz CT molecular complexity index is 402. The number of nitriles is 1. The van der Waals surface area contributed by atoms with Crippen LogP contribution in [0.3, 0.4) is 0 Å². The summed E-state index contributed by atoms with van der Waals surface area (Å²) in [6, 6.07) is 4.73. The topological polar surface area (TPSA) is 53.6 Å². The molecule has 4 heteroatoms. The Morgan fingerprint density at radius 2 is 2.22 bits per heavy atom. The first-order chi connectivity index (χ1) is 8.45. The third-order valence-corrected chi connectivity index (χ3v) is 2.94. The molecule has 1 rings (SSSR count). The number of aryl methyl sites for hydroxylation is 2. The fraction of sp³-hybridized carbons (Fsp3) is 0.714. The van der Waals surface area contributed by atoms with E-state index in [9.17, 15) is 5.26 Å². The summed E-state index contributed by atoms with van der Waals surface area (Å²) in [5.41, 5.74) is 0.645. The zero-order valence-corrected chi connectivity index (χ0v) is 11.9. The third-order valence-electron chi connectivity index (χ3n) is 2.94. The molecule has 0 radical (unpaired) electrons. The van der Waals surface area contributed by atoms with Gasteiger partial charge in [0.1, 0.15) is 5.54 Å². The number of hydrogen-bond acceptors (Lipinski definition) is 3. The third kappa shape index (κ3) is 4.89. The van der Waals surface area contributed by atoms with E-state index in [1.807, 2.05) is 30.8 Å². The Balaban J connectivity index is 2.30. The summed E-state index contributed by atoms with van der Waals surface area (Å²) in [6.45, 7) is 9.04. The van der Waals surface area contributed by atoms with Crippen LogP contribution in [0.4, 0.5) is 0 Å². The van der Waals surface area contributed by atoms with Gasteiger partial charge in [-0.25, -0.2) is 0 Å². The van der Waals surface area contributed by atoms with Crippen molar-refractivity contribution in [3.8, 4) is 6.07 Å². The Labute approximate surface area is 110 Å². The van der Waals surface area contributed by atoms with Gasteiger partial charge in [0, 0.05) is 18.8 Å². The smallest absolute Gasteiger partial charge is 0.104 e. The maximum absolute atomic E-state index is 9.22. The van der Waals surface area contributed by atoms with Crippen LogP contribution in [0.1, 0.15) is 45.7 Å². The summed E-state index contributed by atoms with van der Waals surface area (Å²) >= 11 is 0. The lowest BCUT2D eigenvalue weighted by Crippen LogP contribution is -2.44. The molecule has 1 atom stereocenters. The van der Waals surface area contributed by atoms with E-state index in [1.165, 1.54) is 0 Å². The lowest BCUT2D eigenvalue weighted by atomic mass is 9.95. The number of nitrogens with one attached hydrogen (secondary N) is 1. The number of rotatable bonds is 7. The zero-order valence-electron chi connectivity index (χ0n) is 11.9. The van der Waals surface area contributed by atoms with E-state index in [2.05, 4.69) is 30.3 Å². The molecule has 1 aromatic heterocycles. The predicted molar refractivity (Wildman–Crippen MR) is 73.1 cm³/mol. The van der Waals surface area contributed by atoms with Crippen LogP contribution in [-0.2, 0) is 6.54 Å². The summed E-state index contributed by atoms with van der Waals surface area (Å²) in [5.74, 6) is 0. The van der Waals surface area contributed by atoms with Gasteiger partial charge >= 0.3 is 0 Å². The van der Waals surface area contributed by atoms with Crippen LogP contribution >= 0.6 is 0 Å². The lowest BCUT2D eigenvalue weighted by Gasteiger charge is -2.25. The van der Waals surface area contributed by atoms with Crippen molar-refractivity contribution in [1.29, 1.82) is 5.26 Å². The first-order valence-corrected chi connectivity index (χ1v) is 6.64. The number of nitrogens with zero attached hydrogens (tertiary/aromatic N) is 3. The van der Waals surface area contributed by atoms with Crippen molar-refractivity contribution in [2.24, 2.45) is 0 Å². The largest absolute Gasteiger partial charge is 0.297 e. The molecule has 0 fully saturated rings. The van der Waals surface area contributed by atoms with Crippen molar-refractivity contribution in [3.05, 3.63) is 18.0 Å². The van der Waals surface area contributed by atoms with Gasteiger partial charge in [-0.3, -0.25) is 10.00 Å². The molecular weight excluding hydrogens is 224 g/mol. The van der Waals surface area contributed by atoms with Crippen LogP contribution in [0.15, 0.2) is 12.3 Å². The minimum atomic E-state index is -0.409. The minimum Gasteiger partial charge on any atom is -0.297 e. The first kappa shape index (κ1) is 14.7. The molecule has 0 spiro atoms. The van der Waals surface area contributed by atoms with Crippen molar-refractivity contribution in [1.82, 2.24) is 15.1 Å². The van der Waals surface area contributed by atoms with Crippen molar-refractivity contribution < 1.29 is 0 Å². The molecule has 0 aliphatic heterocycles. The number of aromatic nitrogens is 2. The summed E-state index contributed by atoms with van der Waals surface area (Å²) in [5, 5.41) is 16.9. The molecule has 1 aromatic rings. The van der Waals surface area contributed by atoms with Gasteiger partial charge in [0.15, 0.2) is 0 Å². The molecule has 0 aliphatic rings. The van der Waals surface area contributed by atoms with Gasteiger partial charge in [-0.15, -0.1) is 0 Å². The van der Waals surface area contributed by atoms with Crippen LogP contribution in [0.5, 0.6) is 0 Å². The van der Waals surface area contributed by atoms with Crippen molar-refractivity contribution in [2.75, 3.05) is 0 Å². The molecule has 100 valence electrons. The molecule has 1 unspecified atom stereocenters.